The SMILES string of the molecule is C=C/C=C(\C=C/C)CC=C. The Balaban J connectivity index is 4.09. The van der Waals surface area contributed by atoms with E-state index in [0.717, 1.165) is 6.42 Å². The lowest BCUT2D eigenvalue weighted by Gasteiger charge is -1.92. The summed E-state index contributed by atoms with van der Waals surface area (Å²) in [7, 11) is 0. The van der Waals surface area contributed by atoms with Crippen LogP contribution in [0.15, 0.2) is 49.1 Å². The molecule has 0 aliphatic rings. The predicted molar refractivity (Wildman–Crippen MR) is 47.9 cm³/mol. The Hall–Kier alpha value is -1.04. The molecule has 0 heterocycles. The fraction of sp³-hybridized carbons (Fsp3) is 0.200. The minimum absolute atomic E-state index is 0.913. The number of allylic oxidation sites excluding steroid dienone is 6. The molecule has 10 heavy (non-hydrogen) atoms. The third-order valence-corrected chi connectivity index (χ3v) is 1.09. The van der Waals surface area contributed by atoms with Gasteiger partial charge in [-0.25, -0.2) is 0 Å². The highest BCUT2D eigenvalue weighted by molar-refractivity contribution is 5.24. The van der Waals surface area contributed by atoms with Crippen LogP contribution < -0.4 is 0 Å². The Morgan fingerprint density at radius 1 is 1.40 bits per heavy atom. The van der Waals surface area contributed by atoms with E-state index in [1.165, 1.54) is 5.57 Å². The fourth-order valence-corrected chi connectivity index (χ4v) is 0.724. The largest absolute Gasteiger partial charge is 0.103 e. The third kappa shape index (κ3) is 3.90. The maximum Gasteiger partial charge on any atom is -0.0100 e. The molecule has 0 amide bonds. The Morgan fingerprint density at radius 3 is 2.50 bits per heavy atom. The van der Waals surface area contributed by atoms with E-state index in [4.69, 9.17) is 0 Å². The highest BCUT2D eigenvalue weighted by Gasteiger charge is 1.83. The van der Waals surface area contributed by atoms with Crippen LogP contribution in [-0.2, 0) is 0 Å². The number of rotatable bonds is 4. The summed E-state index contributed by atoms with van der Waals surface area (Å²) in [5, 5.41) is 0. The van der Waals surface area contributed by atoms with Crippen molar-refractivity contribution in [1.29, 1.82) is 0 Å². The summed E-state index contributed by atoms with van der Waals surface area (Å²) in [6, 6.07) is 0. The molecule has 0 aromatic carbocycles. The van der Waals surface area contributed by atoms with Gasteiger partial charge >= 0.3 is 0 Å². The second-order valence-corrected chi connectivity index (χ2v) is 1.97. The molecule has 0 saturated heterocycles. The van der Waals surface area contributed by atoms with Gasteiger partial charge in [-0.3, -0.25) is 0 Å². The monoisotopic (exact) mass is 134 g/mol. The van der Waals surface area contributed by atoms with Gasteiger partial charge in [-0.05, 0) is 18.9 Å². The second-order valence-electron chi connectivity index (χ2n) is 1.97. The first-order valence-corrected chi connectivity index (χ1v) is 3.40. The van der Waals surface area contributed by atoms with Crippen LogP contribution in [0.1, 0.15) is 13.3 Å². The zero-order valence-electron chi connectivity index (χ0n) is 6.51. The van der Waals surface area contributed by atoms with E-state index >= 15 is 0 Å². The molecule has 0 saturated carbocycles. The first kappa shape index (κ1) is 8.96. The van der Waals surface area contributed by atoms with Crippen LogP contribution in [0.2, 0.25) is 0 Å². The lowest BCUT2D eigenvalue weighted by atomic mass is 10.1. The van der Waals surface area contributed by atoms with Gasteiger partial charge in [-0.1, -0.05) is 37.0 Å². The van der Waals surface area contributed by atoms with Gasteiger partial charge in [0.2, 0.25) is 0 Å². The molecule has 0 N–H and O–H groups in total. The van der Waals surface area contributed by atoms with Gasteiger partial charge in [0, 0.05) is 0 Å². The molecule has 0 spiro atoms. The van der Waals surface area contributed by atoms with E-state index in [2.05, 4.69) is 19.2 Å². The van der Waals surface area contributed by atoms with Gasteiger partial charge in [0.05, 0.1) is 0 Å². The lowest BCUT2D eigenvalue weighted by molar-refractivity contribution is 1.29. The summed E-state index contributed by atoms with van der Waals surface area (Å²) in [5.74, 6) is 0. The first-order chi connectivity index (χ1) is 4.85. The third-order valence-electron chi connectivity index (χ3n) is 1.09. The van der Waals surface area contributed by atoms with E-state index in [-0.39, 0.29) is 0 Å². The quantitative estimate of drug-likeness (QED) is 0.409. The van der Waals surface area contributed by atoms with E-state index in [1.54, 1.807) is 6.08 Å². The first-order valence-electron chi connectivity index (χ1n) is 3.40. The molecule has 0 fully saturated rings. The van der Waals surface area contributed by atoms with Crippen LogP contribution in [0.3, 0.4) is 0 Å². The molecular weight excluding hydrogens is 120 g/mol. The smallest absolute Gasteiger partial charge is 0.0100 e. The Morgan fingerprint density at radius 2 is 2.10 bits per heavy atom. The summed E-state index contributed by atoms with van der Waals surface area (Å²) < 4.78 is 0. The van der Waals surface area contributed by atoms with Crippen molar-refractivity contribution in [2.24, 2.45) is 0 Å². The molecule has 0 rings (SSSR count). The van der Waals surface area contributed by atoms with Crippen LogP contribution in [0.25, 0.3) is 0 Å². The zero-order chi connectivity index (χ0) is 7.82. The second kappa shape index (κ2) is 6.09. The number of hydrogen-bond donors (Lipinski definition) is 0. The zero-order valence-corrected chi connectivity index (χ0v) is 6.51. The Labute approximate surface area is 63.3 Å². The molecule has 0 aliphatic heterocycles. The van der Waals surface area contributed by atoms with Gasteiger partial charge in [0.1, 0.15) is 0 Å². The minimum atomic E-state index is 0.913. The van der Waals surface area contributed by atoms with Gasteiger partial charge < -0.3 is 0 Å². The summed E-state index contributed by atoms with van der Waals surface area (Å²) >= 11 is 0. The maximum atomic E-state index is 3.66. The van der Waals surface area contributed by atoms with Crippen molar-refractivity contribution < 1.29 is 0 Å². The van der Waals surface area contributed by atoms with E-state index in [9.17, 15) is 0 Å². The molecular formula is C10H14. The van der Waals surface area contributed by atoms with Gasteiger partial charge in [-0.15, -0.1) is 6.58 Å². The lowest BCUT2D eigenvalue weighted by Crippen LogP contribution is -1.72. The van der Waals surface area contributed by atoms with Crippen LogP contribution in [-0.4, -0.2) is 0 Å². The molecule has 0 atom stereocenters. The van der Waals surface area contributed by atoms with Crippen LogP contribution >= 0.6 is 0 Å². The fourth-order valence-electron chi connectivity index (χ4n) is 0.724. The van der Waals surface area contributed by atoms with Crippen molar-refractivity contribution in [3.63, 3.8) is 0 Å². The average Bonchev–Trinajstić information content (AvgIpc) is 1.90. The summed E-state index contributed by atoms with van der Waals surface area (Å²) in [4.78, 5) is 0. The minimum Gasteiger partial charge on any atom is -0.103 e. The molecule has 0 unspecified atom stereocenters. The molecule has 54 valence electrons. The summed E-state index contributed by atoms with van der Waals surface area (Å²) in [6.45, 7) is 9.28. The van der Waals surface area contributed by atoms with Crippen molar-refractivity contribution >= 4 is 0 Å². The number of hydrogen-bond acceptors (Lipinski definition) is 0. The molecule has 0 aliphatic carbocycles. The molecule has 0 aromatic heterocycles. The molecule has 0 bridgehead atoms. The Kier molecular flexibility index (Phi) is 5.45. The van der Waals surface area contributed by atoms with Gasteiger partial charge in [-0.2, -0.15) is 0 Å². The van der Waals surface area contributed by atoms with Gasteiger partial charge in [0.15, 0.2) is 0 Å². The van der Waals surface area contributed by atoms with Crippen molar-refractivity contribution in [1.82, 2.24) is 0 Å². The van der Waals surface area contributed by atoms with Crippen molar-refractivity contribution in [3.05, 3.63) is 49.1 Å². The highest BCUT2D eigenvalue weighted by atomic mass is 13.9. The van der Waals surface area contributed by atoms with Crippen LogP contribution in [0.4, 0.5) is 0 Å². The van der Waals surface area contributed by atoms with Crippen LogP contribution in [0.5, 0.6) is 0 Å². The highest BCUT2D eigenvalue weighted by Crippen LogP contribution is 2.03. The van der Waals surface area contributed by atoms with Crippen molar-refractivity contribution in [3.8, 4) is 0 Å². The van der Waals surface area contributed by atoms with Crippen molar-refractivity contribution in [2.45, 2.75) is 13.3 Å². The molecule has 0 nitrogen and oxygen atoms in total. The standard InChI is InChI=1S/C10H14/c1-4-7-10(8-5-2)9-6-3/h4-7,9H,1-2,8H2,3H3/b9-6-,10-7-. The molecule has 0 radical (unpaired) electrons. The Bertz CT molecular complexity index is 159. The van der Waals surface area contributed by atoms with Crippen molar-refractivity contribution in [2.75, 3.05) is 0 Å². The van der Waals surface area contributed by atoms with Crippen LogP contribution in [0, 0.1) is 0 Å². The van der Waals surface area contributed by atoms with E-state index < -0.39 is 0 Å². The molecule has 0 heteroatoms. The topological polar surface area (TPSA) is 0 Å². The summed E-state index contributed by atoms with van der Waals surface area (Å²) in [6.07, 6.45) is 10.6. The summed E-state index contributed by atoms with van der Waals surface area (Å²) in [5.41, 5.74) is 1.24. The van der Waals surface area contributed by atoms with Gasteiger partial charge in [0.25, 0.3) is 0 Å². The average molecular weight is 134 g/mol. The normalized spacial score (nSPS) is 11.9. The maximum absolute atomic E-state index is 3.66. The van der Waals surface area contributed by atoms with E-state index in [1.807, 2.05) is 25.2 Å². The molecule has 0 aromatic rings. The van der Waals surface area contributed by atoms with E-state index in [0.29, 0.717) is 0 Å². The predicted octanol–water partition coefficient (Wildman–Crippen LogP) is 3.25.